The summed E-state index contributed by atoms with van der Waals surface area (Å²) in [6.07, 6.45) is 3.33. The number of benzene rings is 1. The second-order valence-electron chi connectivity index (χ2n) is 5.28. The molecule has 1 aromatic carbocycles. The van der Waals surface area contributed by atoms with Crippen molar-refractivity contribution in [3.8, 4) is 0 Å². The highest BCUT2D eigenvalue weighted by Crippen LogP contribution is 2.18. The van der Waals surface area contributed by atoms with Gasteiger partial charge in [0.15, 0.2) is 5.65 Å². The van der Waals surface area contributed by atoms with Crippen molar-refractivity contribution in [2.24, 2.45) is 0 Å². The van der Waals surface area contributed by atoms with E-state index in [1.165, 1.54) is 0 Å². The van der Waals surface area contributed by atoms with Crippen molar-refractivity contribution in [3.63, 3.8) is 0 Å². The lowest BCUT2D eigenvalue weighted by Gasteiger charge is -2.07. The quantitative estimate of drug-likeness (QED) is 0.672. The van der Waals surface area contributed by atoms with E-state index < -0.39 is 0 Å². The number of carbonyl (C=O) groups is 1. The Balaban J connectivity index is 1.86. The highest BCUT2D eigenvalue weighted by atomic mass is 127. The van der Waals surface area contributed by atoms with Crippen molar-refractivity contribution >= 4 is 45.2 Å². The van der Waals surface area contributed by atoms with Gasteiger partial charge < -0.3 is 5.32 Å². The zero-order chi connectivity index (χ0) is 15.7. The molecule has 5 nitrogen and oxygen atoms in total. The summed E-state index contributed by atoms with van der Waals surface area (Å²) in [5.41, 5.74) is 2.08. The average Bonchev–Trinajstić information content (AvgIpc) is 2.92. The minimum Gasteiger partial charge on any atom is -0.322 e. The van der Waals surface area contributed by atoms with Crippen LogP contribution in [0.3, 0.4) is 0 Å². The molecule has 0 aliphatic carbocycles. The molecule has 0 fully saturated rings. The highest BCUT2D eigenvalue weighted by molar-refractivity contribution is 14.1. The molecule has 0 aliphatic heterocycles. The first-order valence-electron chi connectivity index (χ1n) is 6.95. The Hall–Kier alpha value is -1.96. The summed E-state index contributed by atoms with van der Waals surface area (Å²) < 4.78 is 2.97. The molecule has 0 saturated carbocycles. The summed E-state index contributed by atoms with van der Waals surface area (Å²) in [5.74, 6) is -0.173. The molecular weight excluding hydrogens is 391 g/mol. The lowest BCUT2D eigenvalue weighted by Crippen LogP contribution is -2.12. The van der Waals surface area contributed by atoms with Gasteiger partial charge in [-0.05, 0) is 66.8 Å². The number of fused-ring (bicyclic) bond motifs is 1. The van der Waals surface area contributed by atoms with E-state index in [1.54, 1.807) is 12.4 Å². The van der Waals surface area contributed by atoms with Gasteiger partial charge >= 0.3 is 0 Å². The largest absolute Gasteiger partial charge is 0.322 e. The number of rotatable bonds is 3. The number of nitrogens with zero attached hydrogens (tertiary/aromatic N) is 3. The van der Waals surface area contributed by atoms with Crippen molar-refractivity contribution in [2.45, 2.75) is 19.9 Å². The van der Waals surface area contributed by atoms with Crippen LogP contribution in [0.2, 0.25) is 0 Å². The van der Waals surface area contributed by atoms with E-state index in [0.717, 1.165) is 20.3 Å². The molecule has 3 rings (SSSR count). The minimum absolute atomic E-state index is 0.173. The van der Waals surface area contributed by atoms with E-state index in [4.69, 9.17) is 0 Å². The van der Waals surface area contributed by atoms with E-state index in [0.29, 0.717) is 5.56 Å². The van der Waals surface area contributed by atoms with Gasteiger partial charge in [-0.2, -0.15) is 5.10 Å². The topological polar surface area (TPSA) is 59.8 Å². The van der Waals surface area contributed by atoms with Crippen molar-refractivity contribution in [1.82, 2.24) is 14.8 Å². The summed E-state index contributed by atoms with van der Waals surface area (Å²) in [5, 5.41) is 8.05. The first-order chi connectivity index (χ1) is 10.5. The summed E-state index contributed by atoms with van der Waals surface area (Å²) in [6.45, 7) is 4.09. The van der Waals surface area contributed by atoms with Crippen LogP contribution in [-0.4, -0.2) is 20.7 Å². The number of hydrogen-bond donors (Lipinski definition) is 1. The molecule has 1 amide bonds. The number of carbonyl (C=O) groups excluding carboxylic acids is 1. The third kappa shape index (κ3) is 2.96. The molecule has 0 unspecified atom stereocenters. The minimum atomic E-state index is -0.173. The number of anilines is 1. The van der Waals surface area contributed by atoms with Crippen molar-refractivity contribution in [3.05, 3.63) is 51.9 Å². The number of pyridine rings is 1. The molecule has 2 aromatic heterocycles. The third-order valence-corrected chi connectivity index (χ3v) is 4.01. The highest BCUT2D eigenvalue weighted by Gasteiger charge is 2.12. The van der Waals surface area contributed by atoms with E-state index >= 15 is 0 Å². The Morgan fingerprint density at radius 3 is 2.64 bits per heavy atom. The van der Waals surface area contributed by atoms with Crippen LogP contribution in [-0.2, 0) is 0 Å². The van der Waals surface area contributed by atoms with E-state index in [9.17, 15) is 4.79 Å². The van der Waals surface area contributed by atoms with Crippen LogP contribution in [0.25, 0.3) is 11.0 Å². The molecule has 22 heavy (non-hydrogen) atoms. The second kappa shape index (κ2) is 6.04. The molecule has 0 saturated heterocycles. The number of aromatic nitrogens is 3. The smallest absolute Gasteiger partial charge is 0.257 e. The zero-order valence-corrected chi connectivity index (χ0v) is 14.4. The standard InChI is InChI=1S/C16H15IN4O/c1-10(2)21-15-11(9-19-21)7-12(8-18-15)16(22)20-14-5-3-13(17)4-6-14/h3-10H,1-2H3,(H,20,22). The Labute approximate surface area is 141 Å². The molecule has 1 N–H and O–H groups in total. The number of halogens is 1. The molecular formula is C16H15IN4O. The van der Waals surface area contributed by atoms with Crippen LogP contribution in [0, 0.1) is 3.57 Å². The average molecular weight is 406 g/mol. The number of hydrogen-bond acceptors (Lipinski definition) is 3. The lowest BCUT2D eigenvalue weighted by atomic mass is 10.2. The van der Waals surface area contributed by atoms with Crippen LogP contribution < -0.4 is 5.32 Å². The van der Waals surface area contributed by atoms with Gasteiger partial charge in [-0.25, -0.2) is 9.67 Å². The lowest BCUT2D eigenvalue weighted by molar-refractivity contribution is 0.102. The Kier molecular flexibility index (Phi) is 4.10. The van der Waals surface area contributed by atoms with Crippen LogP contribution in [0.5, 0.6) is 0 Å². The molecule has 0 bridgehead atoms. The molecule has 3 aromatic rings. The normalized spacial score (nSPS) is 11.1. The van der Waals surface area contributed by atoms with Crippen LogP contribution in [0.1, 0.15) is 30.2 Å². The monoisotopic (exact) mass is 406 g/mol. The Morgan fingerprint density at radius 1 is 1.23 bits per heavy atom. The summed E-state index contributed by atoms with van der Waals surface area (Å²) in [7, 11) is 0. The maximum atomic E-state index is 12.3. The first-order valence-corrected chi connectivity index (χ1v) is 8.02. The van der Waals surface area contributed by atoms with Gasteiger partial charge in [-0.15, -0.1) is 0 Å². The molecule has 0 atom stereocenters. The van der Waals surface area contributed by atoms with E-state index in [2.05, 4.69) is 38.0 Å². The van der Waals surface area contributed by atoms with Gasteiger partial charge in [0.25, 0.3) is 5.91 Å². The molecule has 0 aliphatic rings. The van der Waals surface area contributed by atoms with Crippen LogP contribution in [0.4, 0.5) is 5.69 Å². The van der Waals surface area contributed by atoms with E-state index in [1.807, 2.05) is 48.9 Å². The SMILES string of the molecule is CC(C)n1ncc2cc(C(=O)Nc3ccc(I)cc3)cnc21. The van der Waals surface area contributed by atoms with Gasteiger partial charge in [-0.1, -0.05) is 0 Å². The molecule has 112 valence electrons. The second-order valence-corrected chi connectivity index (χ2v) is 6.53. The Bertz CT molecular complexity index is 824. The number of amides is 1. The fourth-order valence-corrected chi connectivity index (χ4v) is 2.54. The van der Waals surface area contributed by atoms with Gasteiger partial charge in [0.2, 0.25) is 0 Å². The van der Waals surface area contributed by atoms with Crippen molar-refractivity contribution in [2.75, 3.05) is 5.32 Å². The Morgan fingerprint density at radius 2 is 1.95 bits per heavy atom. The number of nitrogens with one attached hydrogen (secondary N) is 1. The molecule has 0 radical (unpaired) electrons. The van der Waals surface area contributed by atoms with Gasteiger partial charge in [-0.3, -0.25) is 4.79 Å². The van der Waals surface area contributed by atoms with Crippen molar-refractivity contribution < 1.29 is 4.79 Å². The fourth-order valence-electron chi connectivity index (χ4n) is 2.18. The van der Waals surface area contributed by atoms with Gasteiger partial charge in [0, 0.05) is 26.9 Å². The molecule has 0 spiro atoms. The summed E-state index contributed by atoms with van der Waals surface area (Å²) >= 11 is 2.23. The zero-order valence-electron chi connectivity index (χ0n) is 12.2. The third-order valence-electron chi connectivity index (χ3n) is 3.29. The molecule has 2 heterocycles. The predicted molar refractivity (Wildman–Crippen MR) is 95.0 cm³/mol. The summed E-state index contributed by atoms with van der Waals surface area (Å²) in [4.78, 5) is 16.7. The van der Waals surface area contributed by atoms with Gasteiger partial charge in [0.1, 0.15) is 0 Å². The van der Waals surface area contributed by atoms with Crippen LogP contribution >= 0.6 is 22.6 Å². The maximum absolute atomic E-state index is 12.3. The van der Waals surface area contributed by atoms with Crippen LogP contribution in [0.15, 0.2) is 42.7 Å². The first kappa shape index (κ1) is 15.0. The molecule has 6 heteroatoms. The summed E-state index contributed by atoms with van der Waals surface area (Å²) in [6, 6.07) is 9.70. The predicted octanol–water partition coefficient (Wildman–Crippen LogP) is 3.87. The van der Waals surface area contributed by atoms with E-state index in [-0.39, 0.29) is 11.9 Å². The van der Waals surface area contributed by atoms with Crippen molar-refractivity contribution in [1.29, 1.82) is 0 Å². The maximum Gasteiger partial charge on any atom is 0.257 e. The van der Waals surface area contributed by atoms with Gasteiger partial charge in [0.05, 0.1) is 11.8 Å². The fraction of sp³-hybridized carbons (Fsp3) is 0.188.